The highest BCUT2D eigenvalue weighted by Gasteiger charge is 1.98. The molecule has 0 amide bonds. The highest BCUT2D eigenvalue weighted by atomic mass is 16.5. The molecule has 0 radical (unpaired) electrons. The quantitative estimate of drug-likeness (QED) is 0.404. The molecule has 112 valence electrons. The van der Waals surface area contributed by atoms with Crippen LogP contribution in [-0.2, 0) is 23.8 Å². The van der Waals surface area contributed by atoms with Crippen molar-refractivity contribution in [3.05, 3.63) is 0 Å². The number of esters is 2. The number of carbonyl (C=O) groups excluding carboxylic acids is 2. The van der Waals surface area contributed by atoms with Gasteiger partial charge in [-0.15, -0.1) is 0 Å². The van der Waals surface area contributed by atoms with Crippen molar-refractivity contribution in [2.75, 3.05) is 26.4 Å². The van der Waals surface area contributed by atoms with Gasteiger partial charge in [0.25, 0.3) is 0 Å². The van der Waals surface area contributed by atoms with Gasteiger partial charge in [-0.2, -0.15) is 0 Å². The first-order valence-corrected chi connectivity index (χ1v) is 7.09. The minimum atomic E-state index is -0.150. The number of hydrogen-bond acceptors (Lipinski definition) is 5. The van der Waals surface area contributed by atoms with E-state index in [1.165, 1.54) is 0 Å². The second kappa shape index (κ2) is 13.3. The molecule has 0 aromatic heterocycles. The average molecular weight is 274 g/mol. The number of carbonyl (C=O) groups is 2. The van der Waals surface area contributed by atoms with Crippen LogP contribution in [-0.4, -0.2) is 38.4 Å². The monoisotopic (exact) mass is 274 g/mol. The number of ether oxygens (including phenoxy) is 3. The molecule has 0 aliphatic heterocycles. The normalized spacial score (nSPS) is 10.2. The summed E-state index contributed by atoms with van der Waals surface area (Å²) in [4.78, 5) is 21.7. The molecule has 0 saturated carbocycles. The van der Waals surface area contributed by atoms with Gasteiger partial charge in [0.05, 0.1) is 13.2 Å². The van der Waals surface area contributed by atoms with E-state index in [0.29, 0.717) is 39.3 Å². The average Bonchev–Trinajstić information content (AvgIpc) is 2.43. The van der Waals surface area contributed by atoms with Crippen LogP contribution < -0.4 is 0 Å². The molecular formula is C14H26O5. The summed E-state index contributed by atoms with van der Waals surface area (Å²) in [6.45, 7) is 5.87. The van der Waals surface area contributed by atoms with Gasteiger partial charge in [0.2, 0.25) is 0 Å². The molecule has 0 bridgehead atoms. The van der Waals surface area contributed by atoms with E-state index in [-0.39, 0.29) is 11.9 Å². The minimum absolute atomic E-state index is 0.150. The van der Waals surface area contributed by atoms with Crippen LogP contribution in [0.4, 0.5) is 0 Å². The van der Waals surface area contributed by atoms with Crippen molar-refractivity contribution in [1.82, 2.24) is 0 Å². The first kappa shape index (κ1) is 17.9. The number of hydrogen-bond donors (Lipinski definition) is 0. The molecule has 0 rings (SSSR count). The predicted octanol–water partition coefficient (Wildman–Crippen LogP) is 2.47. The van der Waals surface area contributed by atoms with Gasteiger partial charge in [-0.05, 0) is 25.7 Å². The second-order valence-corrected chi connectivity index (χ2v) is 4.17. The van der Waals surface area contributed by atoms with Crippen molar-refractivity contribution in [3.8, 4) is 0 Å². The zero-order chi connectivity index (χ0) is 14.3. The van der Waals surface area contributed by atoms with Crippen molar-refractivity contribution in [2.24, 2.45) is 0 Å². The molecule has 0 atom stereocenters. The lowest BCUT2D eigenvalue weighted by Gasteiger charge is -2.05. The van der Waals surface area contributed by atoms with Gasteiger partial charge in [-0.25, -0.2) is 0 Å². The van der Waals surface area contributed by atoms with Crippen LogP contribution in [0.2, 0.25) is 0 Å². The van der Waals surface area contributed by atoms with E-state index in [1.54, 1.807) is 13.8 Å². The van der Waals surface area contributed by atoms with Crippen LogP contribution in [0.1, 0.15) is 52.4 Å². The fourth-order valence-electron chi connectivity index (χ4n) is 1.29. The van der Waals surface area contributed by atoms with Crippen LogP contribution in [0.25, 0.3) is 0 Å². The molecule has 0 unspecified atom stereocenters. The maximum atomic E-state index is 10.8. The Labute approximate surface area is 115 Å². The van der Waals surface area contributed by atoms with Crippen molar-refractivity contribution in [1.29, 1.82) is 0 Å². The third kappa shape index (κ3) is 13.1. The molecule has 5 heteroatoms. The highest BCUT2D eigenvalue weighted by Crippen LogP contribution is 1.97. The Morgan fingerprint density at radius 2 is 1.05 bits per heavy atom. The molecule has 0 spiro atoms. The molecule has 0 aromatic carbocycles. The maximum Gasteiger partial charge on any atom is 0.305 e. The lowest BCUT2D eigenvalue weighted by molar-refractivity contribution is -0.144. The van der Waals surface area contributed by atoms with Crippen molar-refractivity contribution < 1.29 is 23.8 Å². The Kier molecular flexibility index (Phi) is 12.6. The molecule has 0 heterocycles. The standard InChI is InChI=1S/C14H26O5/c1-3-13(15)18-11-7-5-9-17-10-6-8-12-19-14(16)4-2/h3-12H2,1-2H3. The lowest BCUT2D eigenvalue weighted by atomic mass is 10.3. The molecule has 0 N–H and O–H groups in total. The SMILES string of the molecule is CCC(=O)OCCCCOCCCCOC(=O)CC. The van der Waals surface area contributed by atoms with Crippen LogP contribution in [0, 0.1) is 0 Å². The molecule has 5 nitrogen and oxygen atoms in total. The predicted molar refractivity (Wildman–Crippen MR) is 71.8 cm³/mol. The lowest BCUT2D eigenvalue weighted by Crippen LogP contribution is -2.06. The van der Waals surface area contributed by atoms with Gasteiger partial charge in [0, 0.05) is 26.1 Å². The van der Waals surface area contributed by atoms with Crippen LogP contribution in [0.15, 0.2) is 0 Å². The molecule has 0 aliphatic rings. The molecule has 0 aromatic rings. The first-order chi connectivity index (χ1) is 9.20. The van der Waals surface area contributed by atoms with E-state index < -0.39 is 0 Å². The molecule has 0 fully saturated rings. The summed E-state index contributed by atoms with van der Waals surface area (Å²) in [5.41, 5.74) is 0. The summed E-state index contributed by atoms with van der Waals surface area (Å²) < 4.78 is 15.3. The van der Waals surface area contributed by atoms with E-state index in [4.69, 9.17) is 14.2 Å². The Hall–Kier alpha value is -1.10. The molecule has 19 heavy (non-hydrogen) atoms. The molecule has 0 saturated heterocycles. The Balaban J connectivity index is 3.07. The maximum absolute atomic E-state index is 10.8. The molecule has 0 aliphatic carbocycles. The van der Waals surface area contributed by atoms with Crippen LogP contribution >= 0.6 is 0 Å². The number of unbranched alkanes of at least 4 members (excludes halogenated alkanes) is 2. The van der Waals surface area contributed by atoms with Gasteiger partial charge < -0.3 is 14.2 Å². The van der Waals surface area contributed by atoms with Gasteiger partial charge in [-0.1, -0.05) is 13.8 Å². The van der Waals surface area contributed by atoms with E-state index in [1.807, 2.05) is 0 Å². The zero-order valence-electron chi connectivity index (χ0n) is 12.1. The van der Waals surface area contributed by atoms with E-state index >= 15 is 0 Å². The third-order valence-corrected chi connectivity index (χ3v) is 2.47. The largest absolute Gasteiger partial charge is 0.466 e. The summed E-state index contributed by atoms with van der Waals surface area (Å²) in [5, 5.41) is 0. The van der Waals surface area contributed by atoms with E-state index in [2.05, 4.69) is 0 Å². The van der Waals surface area contributed by atoms with E-state index in [9.17, 15) is 9.59 Å². The van der Waals surface area contributed by atoms with Crippen molar-refractivity contribution in [3.63, 3.8) is 0 Å². The summed E-state index contributed by atoms with van der Waals surface area (Å²) >= 11 is 0. The van der Waals surface area contributed by atoms with Gasteiger partial charge in [0.15, 0.2) is 0 Å². The van der Waals surface area contributed by atoms with Crippen LogP contribution in [0.3, 0.4) is 0 Å². The van der Waals surface area contributed by atoms with Crippen molar-refractivity contribution >= 4 is 11.9 Å². The van der Waals surface area contributed by atoms with Crippen molar-refractivity contribution in [2.45, 2.75) is 52.4 Å². The highest BCUT2D eigenvalue weighted by molar-refractivity contribution is 5.69. The fourth-order valence-corrected chi connectivity index (χ4v) is 1.29. The third-order valence-electron chi connectivity index (χ3n) is 2.47. The van der Waals surface area contributed by atoms with E-state index in [0.717, 1.165) is 25.7 Å². The van der Waals surface area contributed by atoms with Gasteiger partial charge >= 0.3 is 11.9 Å². The summed E-state index contributed by atoms with van der Waals surface area (Å²) in [6, 6.07) is 0. The smallest absolute Gasteiger partial charge is 0.305 e. The number of rotatable bonds is 12. The minimum Gasteiger partial charge on any atom is -0.466 e. The van der Waals surface area contributed by atoms with Gasteiger partial charge in [0.1, 0.15) is 0 Å². The summed E-state index contributed by atoms with van der Waals surface area (Å²) in [6.07, 6.45) is 4.31. The second-order valence-electron chi connectivity index (χ2n) is 4.17. The Morgan fingerprint density at radius 1 is 0.684 bits per heavy atom. The Bertz CT molecular complexity index is 216. The molecular weight excluding hydrogens is 248 g/mol. The fraction of sp³-hybridized carbons (Fsp3) is 0.857. The first-order valence-electron chi connectivity index (χ1n) is 7.09. The van der Waals surface area contributed by atoms with Gasteiger partial charge in [-0.3, -0.25) is 9.59 Å². The summed E-state index contributed by atoms with van der Waals surface area (Å²) in [7, 11) is 0. The Morgan fingerprint density at radius 3 is 1.42 bits per heavy atom. The zero-order valence-corrected chi connectivity index (χ0v) is 12.1. The summed E-state index contributed by atoms with van der Waals surface area (Å²) in [5.74, 6) is -0.301. The topological polar surface area (TPSA) is 61.8 Å². The van der Waals surface area contributed by atoms with Crippen LogP contribution in [0.5, 0.6) is 0 Å².